The summed E-state index contributed by atoms with van der Waals surface area (Å²) in [6.07, 6.45) is 0. The van der Waals surface area contributed by atoms with Crippen LogP contribution >= 0.6 is 0 Å². The van der Waals surface area contributed by atoms with Crippen molar-refractivity contribution in [3.63, 3.8) is 0 Å². The number of hydrogen-bond acceptors (Lipinski definition) is 6. The van der Waals surface area contributed by atoms with Crippen LogP contribution in [0.25, 0.3) is 0 Å². The van der Waals surface area contributed by atoms with Crippen molar-refractivity contribution in [2.45, 2.75) is 19.1 Å². The summed E-state index contributed by atoms with van der Waals surface area (Å²) in [5.74, 6) is 1.47. The van der Waals surface area contributed by atoms with Crippen LogP contribution in [0, 0.1) is 11.2 Å². The number of nitrogens with one attached hydrogen (secondary N) is 1. The van der Waals surface area contributed by atoms with E-state index in [0.717, 1.165) is 0 Å². The van der Waals surface area contributed by atoms with Crippen molar-refractivity contribution < 1.29 is 23.1 Å². The van der Waals surface area contributed by atoms with Crippen LogP contribution in [-0.4, -0.2) is 40.2 Å². The Hall–Kier alpha value is -2.86. The highest BCUT2D eigenvalue weighted by Gasteiger charge is 2.16. The van der Waals surface area contributed by atoms with Crippen molar-refractivity contribution in [3.8, 4) is 22.8 Å². The first-order valence-electron chi connectivity index (χ1n) is 6.48. The number of aromatic carboxylic acids is 1. The third kappa shape index (κ3) is 4.08. The molecule has 0 saturated heterocycles. The summed E-state index contributed by atoms with van der Waals surface area (Å²) in [5, 5.41) is 19.7. The lowest BCUT2D eigenvalue weighted by Crippen LogP contribution is -2.10. The first kappa shape index (κ1) is 16.5. The molecule has 0 bridgehead atoms. The van der Waals surface area contributed by atoms with Gasteiger partial charge in [-0.2, -0.15) is 0 Å². The molecule has 0 spiro atoms. The van der Waals surface area contributed by atoms with Gasteiger partial charge < -0.3 is 9.84 Å². The van der Waals surface area contributed by atoms with E-state index in [9.17, 15) is 13.2 Å². The first-order valence-corrected chi connectivity index (χ1v) is 8.03. The Morgan fingerprint density at radius 2 is 1.96 bits per heavy atom. The number of aromatic amines is 1. The summed E-state index contributed by atoms with van der Waals surface area (Å²) in [4.78, 5) is 10.9. The summed E-state index contributed by atoms with van der Waals surface area (Å²) in [5.41, 5.74) is 0.220. The van der Waals surface area contributed by atoms with Crippen molar-refractivity contribution in [1.82, 2.24) is 15.4 Å². The van der Waals surface area contributed by atoms with E-state index in [2.05, 4.69) is 26.6 Å². The Balaban J connectivity index is 2.16. The number of carboxylic acids is 1. The highest BCUT2D eigenvalue weighted by atomic mass is 32.2. The van der Waals surface area contributed by atoms with Gasteiger partial charge in [0.05, 0.1) is 5.25 Å². The molecule has 1 heterocycles. The molecule has 0 amide bonds. The van der Waals surface area contributed by atoms with Gasteiger partial charge in [-0.3, -0.25) is 0 Å². The van der Waals surface area contributed by atoms with E-state index >= 15 is 0 Å². The Bertz CT molecular complexity index is 873. The van der Waals surface area contributed by atoms with Gasteiger partial charge in [-0.1, -0.05) is 16.2 Å². The molecule has 0 saturated carbocycles. The average molecular weight is 335 g/mol. The van der Waals surface area contributed by atoms with Gasteiger partial charge in [0.25, 0.3) is 5.88 Å². The molecule has 0 radical (unpaired) electrons. The van der Waals surface area contributed by atoms with E-state index in [1.807, 2.05) is 0 Å². The normalized spacial score (nSPS) is 10.9. The molecule has 2 N–H and O–H groups in total. The molecular formula is C14H13N3O5S. The van der Waals surface area contributed by atoms with Crippen molar-refractivity contribution >= 4 is 15.8 Å². The number of aromatic nitrogens is 3. The number of carbonyl (C=O) groups is 1. The number of hydrogen-bond donors (Lipinski definition) is 2. The van der Waals surface area contributed by atoms with Gasteiger partial charge in [0.1, 0.15) is 5.75 Å². The van der Waals surface area contributed by atoms with E-state index in [-0.39, 0.29) is 11.6 Å². The highest BCUT2D eigenvalue weighted by molar-refractivity contribution is 7.96. The second kappa shape index (κ2) is 6.50. The number of sulfone groups is 1. The lowest BCUT2D eigenvalue weighted by molar-refractivity contribution is 0.0687. The fourth-order valence-electron chi connectivity index (χ4n) is 1.39. The largest absolute Gasteiger partial charge is 0.476 e. The molecule has 8 nitrogen and oxygen atoms in total. The van der Waals surface area contributed by atoms with E-state index < -0.39 is 21.1 Å². The maximum atomic E-state index is 11.6. The number of H-pyrrole nitrogens is 1. The lowest BCUT2D eigenvalue weighted by atomic mass is 10.2. The highest BCUT2D eigenvalue weighted by Crippen LogP contribution is 2.21. The molecule has 0 aliphatic rings. The molecule has 1 aromatic carbocycles. The summed E-state index contributed by atoms with van der Waals surface area (Å²) in [6, 6.07) is 6.15. The smallest absolute Gasteiger partial charge is 0.359 e. The lowest BCUT2D eigenvalue weighted by Gasteiger charge is -2.02. The van der Waals surface area contributed by atoms with E-state index in [4.69, 9.17) is 9.84 Å². The van der Waals surface area contributed by atoms with Crippen LogP contribution in [0.4, 0.5) is 0 Å². The molecule has 1 aromatic heterocycles. The first-order chi connectivity index (χ1) is 10.8. The zero-order chi connectivity index (χ0) is 17.0. The van der Waals surface area contributed by atoms with Crippen molar-refractivity contribution in [3.05, 3.63) is 35.5 Å². The Morgan fingerprint density at radius 1 is 1.30 bits per heavy atom. The molecule has 0 aliphatic heterocycles. The Kier molecular flexibility index (Phi) is 4.66. The quantitative estimate of drug-likeness (QED) is 0.810. The fourth-order valence-corrected chi connectivity index (χ4v) is 1.89. The monoisotopic (exact) mass is 335 g/mol. The zero-order valence-corrected chi connectivity index (χ0v) is 13.1. The van der Waals surface area contributed by atoms with Crippen LogP contribution in [-0.2, 0) is 9.84 Å². The molecule has 0 atom stereocenters. The zero-order valence-electron chi connectivity index (χ0n) is 12.3. The van der Waals surface area contributed by atoms with Gasteiger partial charge in [0, 0.05) is 10.8 Å². The molecule has 2 aromatic rings. The molecule has 23 heavy (non-hydrogen) atoms. The summed E-state index contributed by atoms with van der Waals surface area (Å²) in [6.45, 7) is 3.11. The van der Waals surface area contributed by atoms with Crippen LogP contribution in [0.15, 0.2) is 24.3 Å². The molecule has 0 aliphatic carbocycles. The fraction of sp³-hybridized carbons (Fsp3) is 0.214. The number of rotatable bonds is 4. The van der Waals surface area contributed by atoms with Gasteiger partial charge in [-0.25, -0.2) is 18.3 Å². The van der Waals surface area contributed by atoms with Crippen molar-refractivity contribution in [2.75, 3.05) is 0 Å². The van der Waals surface area contributed by atoms with Crippen LogP contribution in [0.1, 0.15) is 29.9 Å². The maximum absolute atomic E-state index is 11.6. The van der Waals surface area contributed by atoms with Crippen LogP contribution in [0.3, 0.4) is 0 Å². The second-order valence-corrected chi connectivity index (χ2v) is 6.98. The van der Waals surface area contributed by atoms with Crippen molar-refractivity contribution in [2.24, 2.45) is 0 Å². The second-order valence-electron chi connectivity index (χ2n) is 4.74. The molecule has 9 heteroatoms. The van der Waals surface area contributed by atoms with Gasteiger partial charge in [0.2, 0.25) is 15.5 Å². The number of carboxylic acid groups (broad SMARTS) is 1. The van der Waals surface area contributed by atoms with E-state index in [1.165, 1.54) is 12.1 Å². The van der Waals surface area contributed by atoms with Gasteiger partial charge >= 0.3 is 5.97 Å². The van der Waals surface area contributed by atoms with E-state index in [0.29, 0.717) is 11.3 Å². The average Bonchev–Trinajstić information content (AvgIpc) is 2.95. The third-order valence-electron chi connectivity index (χ3n) is 2.76. The molecule has 0 fully saturated rings. The number of ether oxygens (including phenoxy) is 1. The predicted molar refractivity (Wildman–Crippen MR) is 80.8 cm³/mol. The summed E-state index contributed by atoms with van der Waals surface area (Å²) < 4.78 is 28.5. The Morgan fingerprint density at radius 3 is 2.52 bits per heavy atom. The topological polar surface area (TPSA) is 122 Å². The minimum atomic E-state index is -3.44. The van der Waals surface area contributed by atoms with E-state index in [1.54, 1.807) is 26.0 Å². The minimum Gasteiger partial charge on any atom is -0.476 e. The maximum Gasteiger partial charge on any atom is 0.359 e. The van der Waals surface area contributed by atoms with Crippen LogP contribution in [0.2, 0.25) is 0 Å². The minimum absolute atomic E-state index is 0.168. The SMILES string of the molecule is CC(C)S(=O)(=O)C#Cc1ccc(Oc2nn[nH]c2C(=O)O)cc1. The standard InChI is InChI=1S/C14H13N3O5S/c1-9(2)23(20,21)8-7-10-3-5-11(6-4-10)22-13-12(14(18)19)15-17-16-13/h3-6,9H,1-2H3,(H,18,19)(H,15,16,17). The van der Waals surface area contributed by atoms with Gasteiger partial charge in [-0.15, -0.1) is 0 Å². The molecular weight excluding hydrogens is 322 g/mol. The molecule has 0 unspecified atom stereocenters. The van der Waals surface area contributed by atoms with Crippen LogP contribution < -0.4 is 4.74 Å². The summed E-state index contributed by atoms with van der Waals surface area (Å²) in [7, 11) is -3.44. The molecule has 120 valence electrons. The van der Waals surface area contributed by atoms with Crippen molar-refractivity contribution in [1.29, 1.82) is 0 Å². The number of benzene rings is 1. The summed E-state index contributed by atoms with van der Waals surface area (Å²) >= 11 is 0. The number of nitrogens with zero attached hydrogens (tertiary/aromatic N) is 2. The third-order valence-corrected chi connectivity index (χ3v) is 4.39. The Labute approximate surface area is 132 Å². The molecule has 2 rings (SSSR count). The van der Waals surface area contributed by atoms with Crippen LogP contribution in [0.5, 0.6) is 11.6 Å². The predicted octanol–water partition coefficient (Wildman–Crippen LogP) is 1.43. The van der Waals surface area contributed by atoms with Gasteiger partial charge in [-0.05, 0) is 38.1 Å². The van der Waals surface area contributed by atoms with Gasteiger partial charge in [0.15, 0.2) is 0 Å².